The molecule has 0 aliphatic rings. The first kappa shape index (κ1) is 18.7. The number of esters is 1. The number of nitrogens with one attached hydrogen (secondary N) is 1. The number of amides is 1. The van der Waals surface area contributed by atoms with Gasteiger partial charge < -0.3 is 10.1 Å². The Hall–Kier alpha value is -2.62. The van der Waals surface area contributed by atoms with Gasteiger partial charge in [0.15, 0.2) is 6.10 Å². The number of carbonyl (C=O) groups is 2. The molecule has 0 saturated carbocycles. The Morgan fingerprint density at radius 1 is 1.00 bits per heavy atom. The molecule has 1 N–H and O–H groups in total. The number of ether oxygens (including phenoxy) is 1. The number of rotatable bonds is 7. The van der Waals surface area contributed by atoms with Crippen molar-refractivity contribution in [2.45, 2.75) is 45.8 Å². The largest absolute Gasteiger partial charge is 0.453 e. The summed E-state index contributed by atoms with van der Waals surface area (Å²) in [5.74, 6) is -0.604. The normalized spacial score (nSPS) is 12.9. The van der Waals surface area contributed by atoms with Crippen LogP contribution in [0.1, 0.15) is 42.9 Å². The zero-order valence-corrected chi connectivity index (χ0v) is 15.0. The fourth-order valence-electron chi connectivity index (χ4n) is 2.49. The molecule has 0 unspecified atom stereocenters. The third-order valence-electron chi connectivity index (χ3n) is 4.11. The molecule has 0 aromatic heterocycles. The minimum absolute atomic E-state index is 0.0523. The van der Waals surface area contributed by atoms with Crippen molar-refractivity contribution in [3.05, 3.63) is 71.3 Å². The molecule has 132 valence electrons. The van der Waals surface area contributed by atoms with Gasteiger partial charge in [0.2, 0.25) is 0 Å². The van der Waals surface area contributed by atoms with Gasteiger partial charge >= 0.3 is 5.97 Å². The summed E-state index contributed by atoms with van der Waals surface area (Å²) in [6.07, 6.45) is -0.555. The summed E-state index contributed by atoms with van der Waals surface area (Å²) in [4.78, 5) is 24.1. The van der Waals surface area contributed by atoms with Gasteiger partial charge in [0.05, 0.1) is 6.42 Å². The van der Waals surface area contributed by atoms with Crippen LogP contribution < -0.4 is 5.32 Å². The van der Waals surface area contributed by atoms with Gasteiger partial charge in [0.25, 0.3) is 5.91 Å². The van der Waals surface area contributed by atoms with E-state index in [9.17, 15) is 9.59 Å². The van der Waals surface area contributed by atoms with Crippen LogP contribution in [0.3, 0.4) is 0 Å². The number of carbonyl (C=O) groups excluding carboxylic acids is 2. The lowest BCUT2D eigenvalue weighted by atomic mass is 9.98. The maximum atomic E-state index is 12.1. The number of hydrogen-bond donors (Lipinski definition) is 1. The summed E-state index contributed by atoms with van der Waals surface area (Å²) in [7, 11) is 0. The molecule has 1 amide bonds. The Balaban J connectivity index is 1.77. The van der Waals surface area contributed by atoms with Gasteiger partial charge in [-0.25, -0.2) is 0 Å². The zero-order chi connectivity index (χ0) is 18.2. The summed E-state index contributed by atoms with van der Waals surface area (Å²) < 4.78 is 5.26. The van der Waals surface area contributed by atoms with E-state index < -0.39 is 6.10 Å². The van der Waals surface area contributed by atoms with Gasteiger partial charge in [0, 0.05) is 6.54 Å². The minimum atomic E-state index is -0.805. The van der Waals surface area contributed by atoms with E-state index >= 15 is 0 Å². The molecule has 0 spiro atoms. The lowest BCUT2D eigenvalue weighted by Crippen LogP contribution is -2.35. The van der Waals surface area contributed by atoms with E-state index in [1.165, 1.54) is 5.56 Å². The van der Waals surface area contributed by atoms with E-state index in [2.05, 4.69) is 5.32 Å². The van der Waals surface area contributed by atoms with Crippen molar-refractivity contribution < 1.29 is 14.3 Å². The summed E-state index contributed by atoms with van der Waals surface area (Å²) >= 11 is 0. The third kappa shape index (κ3) is 6.07. The molecule has 0 aliphatic carbocycles. The van der Waals surface area contributed by atoms with E-state index in [0.29, 0.717) is 6.54 Å². The summed E-state index contributed by atoms with van der Waals surface area (Å²) in [5.41, 5.74) is 3.26. The van der Waals surface area contributed by atoms with Crippen LogP contribution >= 0.6 is 0 Å². The van der Waals surface area contributed by atoms with Crippen LogP contribution in [0.4, 0.5) is 0 Å². The third-order valence-corrected chi connectivity index (χ3v) is 4.11. The molecular formula is C21H25NO3. The molecule has 0 heterocycles. The summed E-state index contributed by atoms with van der Waals surface area (Å²) in [6.45, 7) is 6.00. The summed E-state index contributed by atoms with van der Waals surface area (Å²) in [5, 5.41) is 2.79. The van der Waals surface area contributed by atoms with Crippen molar-refractivity contribution in [2.75, 3.05) is 0 Å². The smallest absolute Gasteiger partial charge is 0.307 e. The Morgan fingerprint density at radius 2 is 1.64 bits per heavy atom. The lowest BCUT2D eigenvalue weighted by Gasteiger charge is -2.16. The Bertz CT molecular complexity index is 695. The molecule has 2 aromatic carbocycles. The van der Waals surface area contributed by atoms with Crippen LogP contribution in [0, 0.1) is 6.92 Å². The molecule has 0 saturated heterocycles. The second-order valence-electron chi connectivity index (χ2n) is 6.35. The molecule has 25 heavy (non-hydrogen) atoms. The van der Waals surface area contributed by atoms with Crippen LogP contribution in [0.2, 0.25) is 0 Å². The zero-order valence-electron chi connectivity index (χ0n) is 15.0. The van der Waals surface area contributed by atoms with E-state index in [1.54, 1.807) is 6.92 Å². The number of aryl methyl sites for hydroxylation is 1. The average molecular weight is 339 g/mol. The van der Waals surface area contributed by atoms with Gasteiger partial charge in [-0.2, -0.15) is 0 Å². The Morgan fingerprint density at radius 3 is 2.28 bits per heavy atom. The molecule has 0 bridgehead atoms. The van der Waals surface area contributed by atoms with Crippen LogP contribution in [0.25, 0.3) is 0 Å². The van der Waals surface area contributed by atoms with Crippen molar-refractivity contribution in [3.63, 3.8) is 0 Å². The summed E-state index contributed by atoms with van der Waals surface area (Å²) in [6, 6.07) is 17.7. The Kier molecular flexibility index (Phi) is 6.75. The topological polar surface area (TPSA) is 55.4 Å². The highest BCUT2D eigenvalue weighted by Gasteiger charge is 2.19. The maximum absolute atomic E-state index is 12.1. The molecule has 2 rings (SSSR count). The molecule has 0 radical (unpaired) electrons. The monoisotopic (exact) mass is 339 g/mol. The number of benzene rings is 2. The van der Waals surface area contributed by atoms with Crippen LogP contribution in [0.5, 0.6) is 0 Å². The van der Waals surface area contributed by atoms with Gasteiger partial charge in [0.1, 0.15) is 0 Å². The second kappa shape index (κ2) is 9.02. The van der Waals surface area contributed by atoms with Gasteiger partial charge in [-0.05, 0) is 30.9 Å². The van der Waals surface area contributed by atoms with Gasteiger partial charge in [-0.1, -0.05) is 67.1 Å². The predicted molar refractivity (Wildman–Crippen MR) is 98.1 cm³/mol. The highest BCUT2D eigenvalue weighted by molar-refractivity contribution is 5.83. The fraction of sp³-hybridized carbons (Fsp3) is 0.333. The van der Waals surface area contributed by atoms with Crippen molar-refractivity contribution in [1.82, 2.24) is 5.32 Å². The minimum Gasteiger partial charge on any atom is -0.453 e. The van der Waals surface area contributed by atoms with Gasteiger partial charge in [-0.3, -0.25) is 9.59 Å². The molecular weight excluding hydrogens is 314 g/mol. The maximum Gasteiger partial charge on any atom is 0.307 e. The van der Waals surface area contributed by atoms with E-state index in [1.807, 2.05) is 68.4 Å². The van der Waals surface area contributed by atoms with Crippen molar-refractivity contribution in [3.8, 4) is 0 Å². The lowest BCUT2D eigenvalue weighted by molar-refractivity contribution is -0.155. The Labute approximate surface area is 149 Å². The first-order valence-corrected chi connectivity index (χ1v) is 8.53. The molecule has 4 nitrogen and oxygen atoms in total. The van der Waals surface area contributed by atoms with Crippen LogP contribution in [0.15, 0.2) is 54.6 Å². The fourth-order valence-corrected chi connectivity index (χ4v) is 2.49. The van der Waals surface area contributed by atoms with Crippen LogP contribution in [-0.2, 0) is 20.9 Å². The highest BCUT2D eigenvalue weighted by atomic mass is 16.5. The SMILES string of the molecule is Cc1ccc(CNC(=O)[C@H](C)OC(=O)C[C@H](C)c2ccccc2)cc1. The van der Waals surface area contributed by atoms with E-state index in [4.69, 9.17) is 4.74 Å². The average Bonchev–Trinajstić information content (AvgIpc) is 2.61. The van der Waals surface area contributed by atoms with E-state index in [0.717, 1.165) is 11.1 Å². The predicted octanol–water partition coefficient (Wildman–Crippen LogP) is 3.74. The van der Waals surface area contributed by atoms with Crippen molar-refractivity contribution in [2.24, 2.45) is 0 Å². The van der Waals surface area contributed by atoms with Gasteiger partial charge in [-0.15, -0.1) is 0 Å². The standard InChI is InChI=1S/C21H25NO3/c1-15-9-11-18(12-10-15)14-22-21(24)17(3)25-20(23)13-16(2)19-7-5-4-6-8-19/h4-12,16-17H,13-14H2,1-3H3,(H,22,24)/t16-,17-/m0/s1. The highest BCUT2D eigenvalue weighted by Crippen LogP contribution is 2.19. The van der Waals surface area contributed by atoms with Crippen molar-refractivity contribution in [1.29, 1.82) is 0 Å². The molecule has 0 fully saturated rings. The first-order valence-electron chi connectivity index (χ1n) is 8.53. The number of hydrogen-bond acceptors (Lipinski definition) is 3. The molecule has 2 aromatic rings. The van der Waals surface area contributed by atoms with E-state index in [-0.39, 0.29) is 24.2 Å². The van der Waals surface area contributed by atoms with Crippen molar-refractivity contribution >= 4 is 11.9 Å². The van der Waals surface area contributed by atoms with Crippen LogP contribution in [-0.4, -0.2) is 18.0 Å². The second-order valence-corrected chi connectivity index (χ2v) is 6.35. The molecule has 4 heteroatoms. The molecule has 0 aliphatic heterocycles. The first-order chi connectivity index (χ1) is 12.0. The quantitative estimate of drug-likeness (QED) is 0.782. The molecule has 2 atom stereocenters.